The summed E-state index contributed by atoms with van der Waals surface area (Å²) in [6.45, 7) is 2.62. The van der Waals surface area contributed by atoms with Crippen LogP contribution in [0.25, 0.3) is 0 Å². The van der Waals surface area contributed by atoms with E-state index in [0.29, 0.717) is 30.5 Å². The summed E-state index contributed by atoms with van der Waals surface area (Å²) in [7, 11) is 0. The van der Waals surface area contributed by atoms with Crippen LogP contribution in [0, 0.1) is 0 Å². The molecular weight excluding hydrogens is 303 g/mol. The van der Waals surface area contributed by atoms with Gasteiger partial charge in [0.15, 0.2) is 0 Å². The van der Waals surface area contributed by atoms with E-state index in [1.54, 1.807) is 0 Å². The van der Waals surface area contributed by atoms with Crippen molar-refractivity contribution in [2.75, 3.05) is 26.4 Å². The molecule has 7 heteroatoms. The minimum Gasteiger partial charge on any atom is -0.379 e. The van der Waals surface area contributed by atoms with Crippen LogP contribution in [0.2, 0.25) is 10.2 Å². The lowest BCUT2D eigenvalue weighted by Gasteiger charge is -2.10. The minimum absolute atomic E-state index is 0.224. The average molecular weight is 321 g/mol. The van der Waals surface area contributed by atoms with E-state index >= 15 is 0 Å². The van der Waals surface area contributed by atoms with Gasteiger partial charge >= 0.3 is 0 Å². The van der Waals surface area contributed by atoms with Crippen molar-refractivity contribution in [3.63, 3.8) is 0 Å². The molecule has 1 aromatic heterocycles. The van der Waals surface area contributed by atoms with E-state index in [-0.39, 0.29) is 17.2 Å². The lowest BCUT2D eigenvalue weighted by molar-refractivity contribution is 0.0166. The first-order chi connectivity index (χ1) is 9.66. The number of hydrogen-bond donors (Lipinski definition) is 2. The summed E-state index contributed by atoms with van der Waals surface area (Å²) >= 11 is 11.5. The fourth-order valence-corrected chi connectivity index (χ4v) is 2.30. The zero-order valence-corrected chi connectivity index (χ0v) is 12.6. The molecule has 2 N–H and O–H groups in total. The van der Waals surface area contributed by atoms with Crippen molar-refractivity contribution in [2.45, 2.75) is 25.4 Å². The number of halogens is 2. The Morgan fingerprint density at radius 2 is 2.40 bits per heavy atom. The lowest BCUT2D eigenvalue weighted by Crippen LogP contribution is -2.26. The van der Waals surface area contributed by atoms with Crippen LogP contribution in [-0.4, -0.2) is 43.4 Å². The Hall–Kier alpha value is -0.750. The smallest absolute Gasteiger partial charge is 0.267 e. The molecule has 112 valence electrons. The molecule has 0 aromatic carbocycles. The van der Waals surface area contributed by atoms with Crippen molar-refractivity contribution in [3.05, 3.63) is 21.9 Å². The van der Waals surface area contributed by atoms with Gasteiger partial charge in [-0.1, -0.05) is 23.2 Å². The molecule has 1 aromatic rings. The molecule has 1 fully saturated rings. The molecule has 1 unspecified atom stereocenters. The summed E-state index contributed by atoms with van der Waals surface area (Å²) in [5.74, 6) is -0.224. The molecule has 1 atom stereocenters. The second-order valence-corrected chi connectivity index (χ2v) is 5.45. The number of ether oxygens (including phenoxy) is 2. The number of hydrogen-bond acceptors (Lipinski definition) is 3. The molecule has 0 bridgehead atoms. The minimum atomic E-state index is -0.224. The fraction of sp³-hybridized carbons (Fsp3) is 0.615. The molecule has 0 radical (unpaired) electrons. The zero-order chi connectivity index (χ0) is 14.4. The third-order valence-corrected chi connectivity index (χ3v) is 3.74. The van der Waals surface area contributed by atoms with Gasteiger partial charge in [-0.2, -0.15) is 0 Å². The number of aromatic nitrogens is 1. The SMILES string of the molecule is O=C(NCCCOCC1CCCO1)c1cc(Cl)c(Cl)[nH]1. The molecule has 0 aliphatic carbocycles. The Morgan fingerprint density at radius 1 is 1.55 bits per heavy atom. The van der Waals surface area contributed by atoms with Crippen molar-refractivity contribution in [2.24, 2.45) is 0 Å². The fourth-order valence-electron chi connectivity index (χ4n) is 1.99. The van der Waals surface area contributed by atoms with Crippen molar-refractivity contribution >= 4 is 29.1 Å². The summed E-state index contributed by atoms with van der Waals surface area (Å²) in [5.41, 5.74) is 0.361. The number of carbonyl (C=O) groups excluding carboxylic acids is 1. The van der Waals surface area contributed by atoms with Crippen LogP contribution < -0.4 is 5.32 Å². The molecular formula is C13H18Cl2N2O3. The average Bonchev–Trinajstić information content (AvgIpc) is 3.04. The van der Waals surface area contributed by atoms with Crippen LogP contribution in [0.1, 0.15) is 29.8 Å². The highest BCUT2D eigenvalue weighted by Gasteiger charge is 2.15. The molecule has 0 saturated carbocycles. The van der Waals surface area contributed by atoms with E-state index in [1.807, 2.05) is 0 Å². The topological polar surface area (TPSA) is 63.4 Å². The Balaban J connectivity index is 1.55. The van der Waals surface area contributed by atoms with E-state index < -0.39 is 0 Å². The van der Waals surface area contributed by atoms with Crippen LogP contribution in [0.3, 0.4) is 0 Å². The Morgan fingerprint density at radius 3 is 3.05 bits per heavy atom. The van der Waals surface area contributed by atoms with Gasteiger partial charge in [0.25, 0.3) is 5.91 Å². The Labute approximate surface area is 127 Å². The molecule has 5 nitrogen and oxygen atoms in total. The van der Waals surface area contributed by atoms with E-state index in [2.05, 4.69) is 10.3 Å². The summed E-state index contributed by atoms with van der Waals surface area (Å²) in [5, 5.41) is 3.39. The number of aromatic amines is 1. The van der Waals surface area contributed by atoms with Gasteiger partial charge in [-0.15, -0.1) is 0 Å². The summed E-state index contributed by atoms with van der Waals surface area (Å²) in [6, 6.07) is 1.51. The van der Waals surface area contributed by atoms with Crippen LogP contribution in [-0.2, 0) is 9.47 Å². The Kier molecular flexibility index (Phi) is 6.16. The standard InChI is InChI=1S/C13H18Cl2N2O3/c14-10-7-11(17-12(10)15)13(18)16-4-2-5-19-8-9-3-1-6-20-9/h7,9,17H,1-6,8H2,(H,16,18). The highest BCUT2D eigenvalue weighted by atomic mass is 35.5. The van der Waals surface area contributed by atoms with Crippen molar-refractivity contribution < 1.29 is 14.3 Å². The first-order valence-electron chi connectivity index (χ1n) is 6.68. The molecule has 1 saturated heterocycles. The monoisotopic (exact) mass is 320 g/mol. The maximum Gasteiger partial charge on any atom is 0.267 e. The van der Waals surface area contributed by atoms with E-state index in [1.165, 1.54) is 6.07 Å². The van der Waals surface area contributed by atoms with Crippen molar-refractivity contribution in [3.8, 4) is 0 Å². The third-order valence-electron chi connectivity index (χ3n) is 3.05. The van der Waals surface area contributed by atoms with Gasteiger partial charge in [0.05, 0.1) is 17.7 Å². The first-order valence-corrected chi connectivity index (χ1v) is 7.44. The highest BCUT2D eigenvalue weighted by Crippen LogP contribution is 2.21. The van der Waals surface area contributed by atoms with Crippen LogP contribution in [0.4, 0.5) is 0 Å². The number of amides is 1. The summed E-state index contributed by atoms with van der Waals surface area (Å²) in [6.07, 6.45) is 3.18. The third kappa shape index (κ3) is 4.66. The molecule has 2 heterocycles. The Bertz CT molecular complexity index is 425. The number of carbonyl (C=O) groups is 1. The molecule has 1 aliphatic rings. The van der Waals surface area contributed by atoms with Crippen molar-refractivity contribution in [1.82, 2.24) is 10.3 Å². The number of rotatable bonds is 7. The molecule has 2 rings (SSSR count). The quantitative estimate of drug-likeness (QED) is 0.759. The maximum atomic E-state index is 11.7. The normalized spacial score (nSPS) is 18.4. The van der Waals surface area contributed by atoms with Gasteiger partial charge in [-0.3, -0.25) is 4.79 Å². The van der Waals surface area contributed by atoms with E-state index in [4.69, 9.17) is 32.7 Å². The maximum absolute atomic E-state index is 11.7. The summed E-state index contributed by atoms with van der Waals surface area (Å²) < 4.78 is 10.9. The second kappa shape index (κ2) is 7.88. The first kappa shape index (κ1) is 15.6. The van der Waals surface area contributed by atoms with Gasteiger partial charge in [0.2, 0.25) is 0 Å². The largest absolute Gasteiger partial charge is 0.379 e. The molecule has 1 amide bonds. The number of H-pyrrole nitrogens is 1. The highest BCUT2D eigenvalue weighted by molar-refractivity contribution is 6.41. The van der Waals surface area contributed by atoms with Gasteiger partial charge in [0, 0.05) is 19.8 Å². The molecule has 20 heavy (non-hydrogen) atoms. The van der Waals surface area contributed by atoms with Crippen LogP contribution in [0.5, 0.6) is 0 Å². The molecule has 0 spiro atoms. The predicted octanol–water partition coefficient (Wildman–Crippen LogP) is 2.64. The van der Waals surface area contributed by atoms with Gasteiger partial charge in [-0.25, -0.2) is 0 Å². The van der Waals surface area contributed by atoms with Crippen LogP contribution in [0.15, 0.2) is 6.07 Å². The zero-order valence-electron chi connectivity index (χ0n) is 11.1. The van der Waals surface area contributed by atoms with E-state index in [9.17, 15) is 4.79 Å². The van der Waals surface area contributed by atoms with E-state index in [0.717, 1.165) is 25.9 Å². The summed E-state index contributed by atoms with van der Waals surface area (Å²) in [4.78, 5) is 14.4. The second-order valence-electron chi connectivity index (χ2n) is 4.66. The van der Waals surface area contributed by atoms with Gasteiger partial charge < -0.3 is 19.8 Å². The number of nitrogens with one attached hydrogen (secondary N) is 2. The molecule has 1 aliphatic heterocycles. The van der Waals surface area contributed by atoms with Crippen molar-refractivity contribution in [1.29, 1.82) is 0 Å². The van der Waals surface area contributed by atoms with Gasteiger partial charge in [0.1, 0.15) is 10.8 Å². The predicted molar refractivity (Wildman–Crippen MR) is 77.6 cm³/mol. The lowest BCUT2D eigenvalue weighted by atomic mass is 10.2. The van der Waals surface area contributed by atoms with Crippen LogP contribution >= 0.6 is 23.2 Å². The van der Waals surface area contributed by atoms with Gasteiger partial charge in [-0.05, 0) is 25.3 Å².